The van der Waals surface area contributed by atoms with Gasteiger partial charge in [0.15, 0.2) is 16.8 Å². The number of phenols is 2. The molecule has 0 radical (unpaired) electrons. The Morgan fingerprint density at radius 3 is 2.52 bits per heavy atom. The minimum Gasteiger partial charge on any atom is -0.504 e. The number of hydrogen-bond acceptors (Lipinski definition) is 6. The third-order valence-corrected chi connectivity index (χ3v) is 3.64. The molecule has 0 amide bonds. The van der Waals surface area contributed by atoms with E-state index in [0.29, 0.717) is 11.3 Å². The van der Waals surface area contributed by atoms with Crippen LogP contribution in [0.4, 0.5) is 0 Å². The number of aromatic hydroxyl groups is 2. The molecule has 1 heterocycles. The first kappa shape index (κ1) is 16.4. The molecule has 0 bridgehead atoms. The van der Waals surface area contributed by atoms with Crippen molar-refractivity contribution in [3.63, 3.8) is 0 Å². The van der Waals surface area contributed by atoms with Crippen LogP contribution >= 0.6 is 0 Å². The lowest BCUT2D eigenvalue weighted by molar-refractivity contribution is 0.299. The van der Waals surface area contributed by atoms with Gasteiger partial charge in [-0.1, -0.05) is 43.0 Å². The molecule has 0 spiro atoms. The zero-order valence-electron chi connectivity index (χ0n) is 13.5. The molecule has 128 valence electrons. The number of hydrogen-bond donors (Lipinski definition) is 2. The second-order valence-electron chi connectivity index (χ2n) is 5.20. The predicted molar refractivity (Wildman–Crippen MR) is 93.5 cm³/mol. The Bertz CT molecular complexity index is 988. The van der Waals surface area contributed by atoms with Crippen LogP contribution < -0.4 is 14.9 Å². The summed E-state index contributed by atoms with van der Waals surface area (Å²) in [6.07, 6.45) is 1.47. The predicted octanol–water partition coefficient (Wildman–Crippen LogP) is 3.44. The minimum absolute atomic E-state index is 0.0109. The molecule has 0 unspecified atom stereocenters. The van der Waals surface area contributed by atoms with Crippen molar-refractivity contribution in [3.05, 3.63) is 59.3 Å². The standard InChI is InChI=1S/C19H16O6/c1-3-9-24-18-16(22)15(21)14-12(20)10-13(11-7-5-4-6-8-11)25-17(14)19(18)23-2/h3-8,10,21-22H,1,9H2,2H3. The Kier molecular flexibility index (Phi) is 4.35. The van der Waals surface area contributed by atoms with Crippen LogP contribution in [0.1, 0.15) is 0 Å². The van der Waals surface area contributed by atoms with Gasteiger partial charge in [-0.25, -0.2) is 0 Å². The highest BCUT2D eigenvalue weighted by atomic mass is 16.5. The smallest absolute Gasteiger partial charge is 0.211 e. The third-order valence-electron chi connectivity index (χ3n) is 3.64. The van der Waals surface area contributed by atoms with Crippen LogP contribution in [0, 0.1) is 0 Å². The Labute approximate surface area is 143 Å². The maximum absolute atomic E-state index is 12.5. The normalized spacial score (nSPS) is 10.6. The quantitative estimate of drug-likeness (QED) is 0.546. The molecule has 2 N–H and O–H groups in total. The Morgan fingerprint density at radius 2 is 1.88 bits per heavy atom. The van der Waals surface area contributed by atoms with Gasteiger partial charge in [0.1, 0.15) is 17.8 Å². The highest BCUT2D eigenvalue weighted by Crippen LogP contribution is 2.49. The SMILES string of the molecule is C=CCOc1c(O)c(O)c2c(=O)cc(-c3ccccc3)oc2c1OC. The Balaban J connectivity index is 2.37. The van der Waals surface area contributed by atoms with Crippen LogP contribution in [0.5, 0.6) is 23.0 Å². The monoisotopic (exact) mass is 340 g/mol. The van der Waals surface area contributed by atoms with Gasteiger partial charge in [-0.05, 0) is 0 Å². The van der Waals surface area contributed by atoms with Crippen LogP contribution in [0.15, 0.2) is 58.3 Å². The van der Waals surface area contributed by atoms with E-state index in [2.05, 4.69) is 6.58 Å². The van der Waals surface area contributed by atoms with E-state index in [4.69, 9.17) is 13.9 Å². The first-order valence-electron chi connectivity index (χ1n) is 7.47. The lowest BCUT2D eigenvalue weighted by Crippen LogP contribution is -2.04. The van der Waals surface area contributed by atoms with Crippen molar-refractivity contribution in [1.82, 2.24) is 0 Å². The summed E-state index contributed by atoms with van der Waals surface area (Å²) in [6.45, 7) is 3.60. The maximum Gasteiger partial charge on any atom is 0.211 e. The van der Waals surface area contributed by atoms with Crippen molar-refractivity contribution in [2.24, 2.45) is 0 Å². The number of phenolic OH excluding ortho intramolecular Hbond substituents is 2. The van der Waals surface area contributed by atoms with E-state index in [1.165, 1.54) is 19.3 Å². The molecule has 0 atom stereocenters. The summed E-state index contributed by atoms with van der Waals surface area (Å²) < 4.78 is 16.4. The molecule has 3 aromatic rings. The summed E-state index contributed by atoms with van der Waals surface area (Å²) in [6, 6.07) is 10.3. The fourth-order valence-electron chi connectivity index (χ4n) is 2.52. The van der Waals surface area contributed by atoms with E-state index in [9.17, 15) is 15.0 Å². The summed E-state index contributed by atoms with van der Waals surface area (Å²) in [4.78, 5) is 12.5. The second-order valence-corrected chi connectivity index (χ2v) is 5.20. The van der Waals surface area contributed by atoms with Gasteiger partial charge in [0.05, 0.1) is 7.11 Å². The molecule has 1 aromatic heterocycles. The molecule has 0 aliphatic heterocycles. The van der Waals surface area contributed by atoms with Gasteiger partial charge in [-0.2, -0.15) is 0 Å². The van der Waals surface area contributed by atoms with Gasteiger partial charge in [-0.15, -0.1) is 0 Å². The summed E-state index contributed by atoms with van der Waals surface area (Å²) >= 11 is 0. The van der Waals surface area contributed by atoms with E-state index in [-0.39, 0.29) is 29.1 Å². The molecule has 0 saturated carbocycles. The van der Waals surface area contributed by atoms with E-state index in [1.807, 2.05) is 18.2 Å². The summed E-state index contributed by atoms with van der Waals surface area (Å²) in [5.41, 5.74) is 0.161. The van der Waals surface area contributed by atoms with Crippen LogP contribution in [0.3, 0.4) is 0 Å². The summed E-state index contributed by atoms with van der Waals surface area (Å²) in [7, 11) is 1.35. The first-order valence-corrected chi connectivity index (χ1v) is 7.47. The van der Waals surface area contributed by atoms with Gasteiger partial charge >= 0.3 is 0 Å². The zero-order chi connectivity index (χ0) is 18.0. The van der Waals surface area contributed by atoms with Crippen LogP contribution in [0.2, 0.25) is 0 Å². The number of methoxy groups -OCH3 is 1. The number of benzene rings is 2. The number of ether oxygens (including phenoxy) is 2. The lowest BCUT2D eigenvalue weighted by atomic mass is 10.1. The maximum atomic E-state index is 12.5. The lowest BCUT2D eigenvalue weighted by Gasteiger charge is -2.15. The molecule has 0 aliphatic rings. The fourth-order valence-corrected chi connectivity index (χ4v) is 2.52. The molecule has 0 fully saturated rings. The highest BCUT2D eigenvalue weighted by Gasteiger charge is 2.25. The summed E-state index contributed by atoms with van der Waals surface area (Å²) in [5, 5.41) is 20.2. The molecule has 0 aliphatic carbocycles. The average molecular weight is 340 g/mol. The second kappa shape index (κ2) is 6.60. The van der Waals surface area contributed by atoms with E-state index >= 15 is 0 Å². The highest BCUT2D eigenvalue weighted by molar-refractivity contribution is 5.95. The largest absolute Gasteiger partial charge is 0.504 e. The zero-order valence-corrected chi connectivity index (χ0v) is 13.5. The third kappa shape index (κ3) is 2.78. The van der Waals surface area contributed by atoms with E-state index < -0.39 is 16.9 Å². The van der Waals surface area contributed by atoms with Crippen molar-refractivity contribution in [3.8, 4) is 34.3 Å². The van der Waals surface area contributed by atoms with Gasteiger partial charge < -0.3 is 24.1 Å². The molecule has 2 aromatic carbocycles. The Hall–Kier alpha value is -3.41. The average Bonchev–Trinajstić information content (AvgIpc) is 2.63. The molecule has 25 heavy (non-hydrogen) atoms. The van der Waals surface area contributed by atoms with Gasteiger partial charge in [0, 0.05) is 11.6 Å². The summed E-state index contributed by atoms with van der Waals surface area (Å²) in [5.74, 6) is -1.02. The minimum atomic E-state index is -0.622. The molecule has 6 heteroatoms. The van der Waals surface area contributed by atoms with Crippen molar-refractivity contribution in [1.29, 1.82) is 0 Å². The van der Waals surface area contributed by atoms with Crippen LogP contribution in [0.25, 0.3) is 22.3 Å². The molecular formula is C19H16O6. The van der Waals surface area contributed by atoms with Gasteiger partial charge in [-0.3, -0.25) is 4.79 Å². The first-order chi connectivity index (χ1) is 12.1. The van der Waals surface area contributed by atoms with E-state index in [1.54, 1.807) is 12.1 Å². The number of rotatable bonds is 5. The van der Waals surface area contributed by atoms with E-state index in [0.717, 1.165) is 0 Å². The molecule has 0 saturated heterocycles. The van der Waals surface area contributed by atoms with Gasteiger partial charge in [0.25, 0.3) is 0 Å². The molecule has 6 nitrogen and oxygen atoms in total. The number of fused-ring (bicyclic) bond motifs is 1. The topological polar surface area (TPSA) is 89.1 Å². The fraction of sp³-hybridized carbons (Fsp3) is 0.105. The Morgan fingerprint density at radius 1 is 1.16 bits per heavy atom. The van der Waals surface area contributed by atoms with Crippen molar-refractivity contribution in [2.45, 2.75) is 0 Å². The molecule has 3 rings (SSSR count). The molecular weight excluding hydrogens is 324 g/mol. The van der Waals surface area contributed by atoms with Crippen molar-refractivity contribution < 1.29 is 24.1 Å². The van der Waals surface area contributed by atoms with Crippen LogP contribution in [-0.4, -0.2) is 23.9 Å². The van der Waals surface area contributed by atoms with Gasteiger partial charge in [0.2, 0.25) is 17.2 Å². The van der Waals surface area contributed by atoms with Crippen LogP contribution in [-0.2, 0) is 0 Å². The van der Waals surface area contributed by atoms with Crippen molar-refractivity contribution >= 4 is 11.0 Å². The van der Waals surface area contributed by atoms with Crippen molar-refractivity contribution in [2.75, 3.05) is 13.7 Å².